The van der Waals surface area contributed by atoms with Crippen LogP contribution in [0.5, 0.6) is 0 Å². The van der Waals surface area contributed by atoms with Crippen molar-refractivity contribution in [2.45, 2.75) is 64.3 Å². The summed E-state index contributed by atoms with van der Waals surface area (Å²) in [4.78, 5) is 22.6. The van der Waals surface area contributed by atoms with Crippen molar-refractivity contribution in [1.82, 2.24) is 5.32 Å². The molecule has 1 amide bonds. The first-order valence-corrected chi connectivity index (χ1v) is 7.65. The molecule has 2 aliphatic carbocycles. The predicted octanol–water partition coefficient (Wildman–Crippen LogP) is 3.05. The lowest BCUT2D eigenvalue weighted by Gasteiger charge is -2.28. The zero-order chi connectivity index (χ0) is 13.7. The van der Waals surface area contributed by atoms with Gasteiger partial charge >= 0.3 is 6.09 Å². The Morgan fingerprint density at radius 1 is 1.21 bits per heavy atom. The highest BCUT2D eigenvalue weighted by atomic mass is 16.5. The van der Waals surface area contributed by atoms with E-state index in [1.165, 1.54) is 38.5 Å². The van der Waals surface area contributed by atoms with Crippen molar-refractivity contribution in [1.29, 1.82) is 0 Å². The van der Waals surface area contributed by atoms with Crippen LogP contribution in [0.15, 0.2) is 0 Å². The Balaban J connectivity index is 1.58. The number of amides is 1. The van der Waals surface area contributed by atoms with Gasteiger partial charge in [-0.2, -0.15) is 0 Å². The number of ether oxygens (including phenoxy) is 1. The predicted molar refractivity (Wildman–Crippen MR) is 72.9 cm³/mol. The smallest absolute Gasteiger partial charge is 0.407 e. The molecule has 0 aromatic carbocycles. The van der Waals surface area contributed by atoms with Crippen molar-refractivity contribution in [2.75, 3.05) is 6.61 Å². The van der Waals surface area contributed by atoms with Gasteiger partial charge in [-0.05, 0) is 31.1 Å². The van der Waals surface area contributed by atoms with Gasteiger partial charge in [0.2, 0.25) is 0 Å². The van der Waals surface area contributed by atoms with Gasteiger partial charge in [0.05, 0.1) is 12.6 Å². The second kappa shape index (κ2) is 6.92. The lowest BCUT2D eigenvalue weighted by molar-refractivity contribution is -0.126. The van der Waals surface area contributed by atoms with Gasteiger partial charge < -0.3 is 10.1 Å². The molecule has 1 N–H and O–H groups in total. The van der Waals surface area contributed by atoms with Crippen LogP contribution >= 0.6 is 0 Å². The van der Waals surface area contributed by atoms with Gasteiger partial charge in [0.1, 0.15) is 0 Å². The maximum Gasteiger partial charge on any atom is 0.407 e. The fourth-order valence-electron chi connectivity index (χ4n) is 3.03. The molecule has 4 nitrogen and oxygen atoms in total. The molecule has 4 heteroatoms. The first-order chi connectivity index (χ1) is 9.19. The van der Waals surface area contributed by atoms with E-state index in [-0.39, 0.29) is 11.8 Å². The number of hydrogen-bond donors (Lipinski definition) is 1. The minimum absolute atomic E-state index is 0.122. The molecule has 0 aliphatic heterocycles. The molecule has 108 valence electrons. The average molecular weight is 267 g/mol. The minimum atomic E-state index is -0.422. The van der Waals surface area contributed by atoms with Crippen LogP contribution in [0.1, 0.15) is 58.3 Å². The summed E-state index contributed by atoms with van der Waals surface area (Å²) < 4.78 is 5.23. The van der Waals surface area contributed by atoms with E-state index in [1.807, 2.05) is 0 Å². The van der Waals surface area contributed by atoms with E-state index in [9.17, 15) is 9.59 Å². The zero-order valence-electron chi connectivity index (χ0n) is 11.8. The monoisotopic (exact) mass is 267 g/mol. The van der Waals surface area contributed by atoms with Gasteiger partial charge in [-0.3, -0.25) is 4.79 Å². The topological polar surface area (TPSA) is 55.4 Å². The van der Waals surface area contributed by atoms with Crippen LogP contribution in [0.2, 0.25) is 0 Å². The number of Topliss-reactive ketones (excluding diaryl/α,β-unsaturated/α-hetero) is 1. The molecule has 0 unspecified atom stereocenters. The number of alkyl carbamates (subject to hydrolysis) is 1. The largest absolute Gasteiger partial charge is 0.449 e. The SMILES string of the molecule is CCCC1CCC(COC(=O)N[C@H]2CCC2=O)CC1. The Kier molecular flexibility index (Phi) is 5.23. The molecule has 2 saturated carbocycles. The van der Waals surface area contributed by atoms with Gasteiger partial charge in [-0.1, -0.05) is 32.6 Å². The van der Waals surface area contributed by atoms with Gasteiger partial charge in [0, 0.05) is 6.42 Å². The summed E-state index contributed by atoms with van der Waals surface area (Å²) in [6.45, 7) is 2.74. The molecule has 0 aromatic rings. The summed E-state index contributed by atoms with van der Waals surface area (Å²) in [7, 11) is 0. The average Bonchev–Trinajstić information content (AvgIpc) is 2.43. The van der Waals surface area contributed by atoms with Crippen molar-refractivity contribution in [3.8, 4) is 0 Å². The lowest BCUT2D eigenvalue weighted by Crippen LogP contribution is -2.47. The van der Waals surface area contributed by atoms with E-state index in [0.717, 1.165) is 12.3 Å². The maximum atomic E-state index is 11.5. The Labute approximate surface area is 115 Å². The Bertz CT molecular complexity index is 321. The normalized spacial score (nSPS) is 30.6. The first-order valence-electron chi connectivity index (χ1n) is 7.65. The standard InChI is InChI=1S/C15H25NO3/c1-2-3-11-4-6-12(7-5-11)10-19-15(18)16-13-8-9-14(13)17/h11-13H,2-10H2,1H3,(H,16,18)/t11?,12?,13-/m0/s1. The van der Waals surface area contributed by atoms with E-state index >= 15 is 0 Å². The maximum absolute atomic E-state index is 11.5. The zero-order valence-corrected chi connectivity index (χ0v) is 11.8. The van der Waals surface area contributed by atoms with Gasteiger partial charge in [-0.15, -0.1) is 0 Å². The highest BCUT2D eigenvalue weighted by molar-refractivity contribution is 5.92. The molecule has 0 saturated heterocycles. The van der Waals surface area contributed by atoms with Crippen molar-refractivity contribution in [3.63, 3.8) is 0 Å². The first kappa shape index (κ1) is 14.4. The van der Waals surface area contributed by atoms with E-state index in [1.54, 1.807) is 0 Å². The molecule has 0 radical (unpaired) electrons. The molecule has 0 aromatic heterocycles. The van der Waals surface area contributed by atoms with E-state index in [4.69, 9.17) is 4.74 Å². The Hall–Kier alpha value is -1.06. The van der Waals surface area contributed by atoms with E-state index < -0.39 is 6.09 Å². The minimum Gasteiger partial charge on any atom is -0.449 e. The van der Waals surface area contributed by atoms with Crippen molar-refractivity contribution in [2.24, 2.45) is 11.8 Å². The van der Waals surface area contributed by atoms with Crippen molar-refractivity contribution < 1.29 is 14.3 Å². The molecule has 2 rings (SSSR count). The molecular weight excluding hydrogens is 242 g/mol. The summed E-state index contributed by atoms with van der Waals surface area (Å²) in [5.41, 5.74) is 0. The third kappa shape index (κ3) is 4.22. The third-order valence-corrected chi connectivity index (χ3v) is 4.47. The van der Waals surface area contributed by atoms with Crippen molar-refractivity contribution in [3.05, 3.63) is 0 Å². The summed E-state index contributed by atoms with van der Waals surface area (Å²) >= 11 is 0. The van der Waals surface area contributed by atoms with Crippen LogP contribution in [-0.4, -0.2) is 24.5 Å². The molecule has 2 aliphatic rings. The molecule has 0 spiro atoms. The van der Waals surface area contributed by atoms with Crippen molar-refractivity contribution >= 4 is 11.9 Å². The molecule has 2 fully saturated rings. The fourth-order valence-corrected chi connectivity index (χ4v) is 3.03. The summed E-state index contributed by atoms with van der Waals surface area (Å²) in [5.74, 6) is 1.51. The van der Waals surface area contributed by atoms with E-state index in [2.05, 4.69) is 12.2 Å². The second-order valence-corrected chi connectivity index (χ2v) is 5.98. The lowest BCUT2D eigenvalue weighted by atomic mass is 9.80. The summed E-state index contributed by atoms with van der Waals surface area (Å²) in [5, 5.41) is 2.62. The number of carbonyl (C=O) groups is 2. The van der Waals surface area contributed by atoms with Crippen LogP contribution in [0.25, 0.3) is 0 Å². The van der Waals surface area contributed by atoms with Crippen LogP contribution in [-0.2, 0) is 9.53 Å². The molecular formula is C15H25NO3. The molecule has 0 bridgehead atoms. The highest BCUT2D eigenvalue weighted by Gasteiger charge is 2.30. The summed E-state index contributed by atoms with van der Waals surface area (Å²) in [6.07, 6.45) is 8.40. The molecule has 0 heterocycles. The van der Waals surface area contributed by atoms with Gasteiger partial charge in [0.25, 0.3) is 0 Å². The summed E-state index contributed by atoms with van der Waals surface area (Å²) in [6, 6.07) is -0.284. The van der Waals surface area contributed by atoms with Crippen LogP contribution in [0.4, 0.5) is 4.79 Å². The van der Waals surface area contributed by atoms with Crippen LogP contribution in [0, 0.1) is 11.8 Å². The third-order valence-electron chi connectivity index (χ3n) is 4.47. The van der Waals surface area contributed by atoms with Crippen LogP contribution in [0.3, 0.4) is 0 Å². The molecule has 19 heavy (non-hydrogen) atoms. The fraction of sp³-hybridized carbons (Fsp3) is 0.867. The second-order valence-electron chi connectivity index (χ2n) is 5.98. The number of carbonyl (C=O) groups excluding carboxylic acids is 2. The Morgan fingerprint density at radius 2 is 1.89 bits per heavy atom. The van der Waals surface area contributed by atoms with E-state index in [0.29, 0.717) is 18.9 Å². The number of nitrogens with one attached hydrogen (secondary N) is 1. The quantitative estimate of drug-likeness (QED) is 0.833. The number of hydrogen-bond acceptors (Lipinski definition) is 3. The highest BCUT2D eigenvalue weighted by Crippen LogP contribution is 2.31. The van der Waals surface area contributed by atoms with Gasteiger partial charge in [-0.25, -0.2) is 4.79 Å². The number of ketones is 1. The van der Waals surface area contributed by atoms with Crippen LogP contribution < -0.4 is 5.32 Å². The Morgan fingerprint density at radius 3 is 2.42 bits per heavy atom. The van der Waals surface area contributed by atoms with Gasteiger partial charge in [0.15, 0.2) is 5.78 Å². The molecule has 1 atom stereocenters. The number of rotatable bonds is 5.